The van der Waals surface area contributed by atoms with Crippen molar-refractivity contribution in [3.63, 3.8) is 0 Å². The third kappa shape index (κ3) is 3.74. The van der Waals surface area contributed by atoms with Crippen molar-refractivity contribution in [2.45, 2.75) is 6.18 Å². The van der Waals surface area contributed by atoms with Crippen molar-refractivity contribution in [3.8, 4) is 0 Å². The van der Waals surface area contributed by atoms with Crippen molar-refractivity contribution in [1.82, 2.24) is 0 Å². The molecule has 0 fully saturated rings. The van der Waals surface area contributed by atoms with E-state index >= 15 is 0 Å². The highest BCUT2D eigenvalue weighted by Gasteiger charge is 2.36. The van der Waals surface area contributed by atoms with Crippen LogP contribution in [0.15, 0.2) is 47.5 Å². The molecule has 0 N–H and O–H groups in total. The van der Waals surface area contributed by atoms with E-state index in [0.29, 0.717) is 6.07 Å². The summed E-state index contributed by atoms with van der Waals surface area (Å²) in [5.41, 5.74) is -1.62. The second-order valence-electron chi connectivity index (χ2n) is 4.47. The van der Waals surface area contributed by atoms with Gasteiger partial charge < -0.3 is 4.74 Å². The maximum atomic E-state index is 13.5. The standard InChI is InChI=1S/C16H11F4NO2/c1-23-15(22)11-6-3-2-5-10(11)9-21-13-8-4-7-12(17)14(13)16(18,19)20/h2-9H,1H3/b21-9-. The van der Waals surface area contributed by atoms with E-state index in [1.54, 1.807) is 12.1 Å². The summed E-state index contributed by atoms with van der Waals surface area (Å²) in [6.45, 7) is 0. The lowest BCUT2D eigenvalue weighted by atomic mass is 10.1. The number of methoxy groups -OCH3 is 1. The Balaban J connectivity index is 2.47. The van der Waals surface area contributed by atoms with Gasteiger partial charge in [0.25, 0.3) is 0 Å². The fourth-order valence-corrected chi connectivity index (χ4v) is 1.95. The number of aliphatic imine (C=N–C) groups is 1. The van der Waals surface area contributed by atoms with Crippen LogP contribution < -0.4 is 0 Å². The number of halogens is 4. The highest BCUT2D eigenvalue weighted by atomic mass is 19.4. The highest BCUT2D eigenvalue weighted by molar-refractivity contribution is 5.99. The van der Waals surface area contributed by atoms with Gasteiger partial charge in [-0.15, -0.1) is 0 Å². The second kappa shape index (κ2) is 6.60. The van der Waals surface area contributed by atoms with Crippen LogP contribution in [0.3, 0.4) is 0 Å². The van der Waals surface area contributed by atoms with Crippen LogP contribution in [0.4, 0.5) is 23.2 Å². The molecule has 3 nitrogen and oxygen atoms in total. The van der Waals surface area contributed by atoms with Crippen molar-refractivity contribution in [2.75, 3.05) is 7.11 Å². The molecule has 7 heteroatoms. The lowest BCUT2D eigenvalue weighted by Gasteiger charge is -2.10. The first-order valence-corrected chi connectivity index (χ1v) is 6.41. The Labute approximate surface area is 129 Å². The van der Waals surface area contributed by atoms with Crippen molar-refractivity contribution in [1.29, 1.82) is 0 Å². The van der Waals surface area contributed by atoms with Crippen molar-refractivity contribution in [3.05, 3.63) is 65.0 Å². The molecule has 0 aliphatic carbocycles. The number of nitrogens with zero attached hydrogens (tertiary/aromatic N) is 1. The highest BCUT2D eigenvalue weighted by Crippen LogP contribution is 2.38. The molecule has 0 aliphatic heterocycles. The van der Waals surface area contributed by atoms with Crippen molar-refractivity contribution < 1.29 is 27.1 Å². The minimum Gasteiger partial charge on any atom is -0.465 e. The first-order valence-electron chi connectivity index (χ1n) is 6.41. The number of alkyl halides is 3. The molecule has 0 bridgehead atoms. The monoisotopic (exact) mass is 325 g/mol. The van der Waals surface area contributed by atoms with Crippen LogP contribution in [0.5, 0.6) is 0 Å². The summed E-state index contributed by atoms with van der Waals surface area (Å²) in [5, 5.41) is 0. The number of hydrogen-bond donors (Lipinski definition) is 0. The van der Waals surface area contributed by atoms with Gasteiger partial charge in [-0.25, -0.2) is 9.18 Å². The second-order valence-corrected chi connectivity index (χ2v) is 4.47. The summed E-state index contributed by atoms with van der Waals surface area (Å²) in [7, 11) is 1.19. The van der Waals surface area contributed by atoms with Gasteiger partial charge in [0, 0.05) is 11.8 Å². The normalized spacial score (nSPS) is 11.7. The van der Waals surface area contributed by atoms with Crippen LogP contribution in [0, 0.1) is 5.82 Å². The predicted octanol–water partition coefficient (Wildman–Crippen LogP) is 4.38. The quantitative estimate of drug-likeness (QED) is 0.477. The van der Waals surface area contributed by atoms with E-state index in [0.717, 1.165) is 18.3 Å². The van der Waals surface area contributed by atoms with E-state index in [1.165, 1.54) is 19.2 Å². The third-order valence-electron chi connectivity index (χ3n) is 2.98. The predicted molar refractivity (Wildman–Crippen MR) is 76.4 cm³/mol. The molecule has 0 unspecified atom stereocenters. The Morgan fingerprint density at radius 1 is 1.13 bits per heavy atom. The van der Waals surface area contributed by atoms with E-state index < -0.39 is 29.2 Å². The number of carbonyl (C=O) groups excluding carboxylic acids is 1. The molecule has 0 radical (unpaired) electrons. The molecule has 2 aromatic rings. The van der Waals surface area contributed by atoms with Gasteiger partial charge >= 0.3 is 12.1 Å². The third-order valence-corrected chi connectivity index (χ3v) is 2.98. The Hall–Kier alpha value is -2.70. The molecule has 0 aromatic heterocycles. The number of carbonyl (C=O) groups is 1. The van der Waals surface area contributed by atoms with Gasteiger partial charge in [0.1, 0.15) is 11.4 Å². The zero-order valence-electron chi connectivity index (χ0n) is 11.9. The average Bonchev–Trinajstić information content (AvgIpc) is 2.51. The Morgan fingerprint density at radius 3 is 2.48 bits per heavy atom. The molecule has 0 amide bonds. The zero-order chi connectivity index (χ0) is 17.0. The van der Waals surface area contributed by atoms with E-state index in [-0.39, 0.29) is 11.1 Å². The van der Waals surface area contributed by atoms with E-state index in [1.807, 2.05) is 0 Å². The SMILES string of the molecule is COC(=O)c1ccccc1/C=N\c1cccc(F)c1C(F)(F)F. The average molecular weight is 325 g/mol. The van der Waals surface area contributed by atoms with Gasteiger partial charge in [-0.2, -0.15) is 13.2 Å². The van der Waals surface area contributed by atoms with Crippen molar-refractivity contribution >= 4 is 17.9 Å². The summed E-state index contributed by atoms with van der Waals surface area (Å²) >= 11 is 0. The summed E-state index contributed by atoms with van der Waals surface area (Å²) in [6.07, 6.45) is -3.81. The zero-order valence-corrected chi connectivity index (χ0v) is 11.9. The molecule has 2 rings (SSSR count). The van der Waals surface area contributed by atoms with Crippen LogP contribution in [-0.4, -0.2) is 19.3 Å². The van der Waals surface area contributed by atoms with Crippen LogP contribution in [0.1, 0.15) is 21.5 Å². The molecule has 0 atom stereocenters. The Bertz CT molecular complexity index is 754. The fraction of sp³-hybridized carbons (Fsp3) is 0.125. The number of rotatable bonds is 3. The Morgan fingerprint density at radius 2 is 1.83 bits per heavy atom. The van der Waals surface area contributed by atoms with Gasteiger partial charge in [0.15, 0.2) is 0 Å². The molecular formula is C16H11F4NO2. The summed E-state index contributed by atoms with van der Waals surface area (Å²) in [4.78, 5) is 15.3. The Kier molecular flexibility index (Phi) is 4.78. The van der Waals surface area contributed by atoms with Crippen LogP contribution in [0.2, 0.25) is 0 Å². The molecule has 0 spiro atoms. The first-order chi connectivity index (χ1) is 10.8. The minimum atomic E-state index is -4.88. The molecule has 0 saturated heterocycles. The van der Waals surface area contributed by atoms with E-state index in [2.05, 4.69) is 9.73 Å². The van der Waals surface area contributed by atoms with Gasteiger partial charge in [-0.1, -0.05) is 24.3 Å². The molecular weight excluding hydrogens is 314 g/mol. The van der Waals surface area contributed by atoms with Gasteiger partial charge in [-0.3, -0.25) is 4.99 Å². The number of benzene rings is 2. The molecule has 0 saturated carbocycles. The molecule has 120 valence electrons. The lowest BCUT2D eigenvalue weighted by molar-refractivity contribution is -0.139. The molecule has 0 aliphatic rings. The molecule has 2 aromatic carbocycles. The largest absolute Gasteiger partial charge is 0.465 e. The summed E-state index contributed by atoms with van der Waals surface area (Å²) in [5.74, 6) is -2.06. The number of hydrogen-bond acceptors (Lipinski definition) is 3. The van der Waals surface area contributed by atoms with Gasteiger partial charge in [0.05, 0.1) is 18.4 Å². The van der Waals surface area contributed by atoms with Crippen LogP contribution >= 0.6 is 0 Å². The number of esters is 1. The minimum absolute atomic E-state index is 0.142. The smallest absolute Gasteiger partial charge is 0.421 e. The summed E-state index contributed by atoms with van der Waals surface area (Å²) < 4.78 is 56.8. The maximum Gasteiger partial charge on any atom is 0.421 e. The molecule has 23 heavy (non-hydrogen) atoms. The number of ether oxygens (including phenoxy) is 1. The van der Waals surface area contributed by atoms with E-state index in [9.17, 15) is 22.4 Å². The summed E-state index contributed by atoms with van der Waals surface area (Å²) in [6, 6.07) is 8.99. The van der Waals surface area contributed by atoms with Crippen molar-refractivity contribution in [2.24, 2.45) is 4.99 Å². The fourth-order valence-electron chi connectivity index (χ4n) is 1.95. The van der Waals surface area contributed by atoms with E-state index in [4.69, 9.17) is 0 Å². The van der Waals surface area contributed by atoms with Crippen LogP contribution in [0.25, 0.3) is 0 Å². The molecule has 0 heterocycles. The van der Waals surface area contributed by atoms with Crippen LogP contribution in [-0.2, 0) is 10.9 Å². The van der Waals surface area contributed by atoms with Gasteiger partial charge in [-0.05, 0) is 18.2 Å². The maximum absolute atomic E-state index is 13.5. The van der Waals surface area contributed by atoms with Gasteiger partial charge in [0.2, 0.25) is 0 Å². The lowest BCUT2D eigenvalue weighted by Crippen LogP contribution is -2.08. The first kappa shape index (κ1) is 16.7. The topological polar surface area (TPSA) is 38.7 Å².